The smallest absolute Gasteiger partial charge is 0.349 e. The minimum atomic E-state index is -0.635. The Bertz CT molecular complexity index is 897. The van der Waals surface area contributed by atoms with E-state index in [-0.39, 0.29) is 12.0 Å². The van der Waals surface area contributed by atoms with Crippen LogP contribution in [0.4, 0.5) is 0 Å². The van der Waals surface area contributed by atoms with Crippen molar-refractivity contribution in [2.75, 3.05) is 19.8 Å². The standard InChI is InChI=1S/C19H19NO4.CH2O2/c21-18(20-10-11-23-13-14-6-2-1-3-7-14)16-12-15-8-4-5-9-17(15)24-19(16)22;2-1-3/h2,4-9,12H,1,3,10-11,13H2,(H,20,21);1H,(H,2,3). The van der Waals surface area contributed by atoms with Crippen LogP contribution in [0.15, 0.2) is 63.3 Å². The van der Waals surface area contributed by atoms with Crippen LogP contribution in [0.1, 0.15) is 23.2 Å². The molecule has 0 bridgehead atoms. The van der Waals surface area contributed by atoms with Gasteiger partial charge in [0.25, 0.3) is 12.4 Å². The average molecular weight is 371 g/mol. The van der Waals surface area contributed by atoms with Gasteiger partial charge in [0.05, 0.1) is 13.2 Å². The third-order valence-electron chi connectivity index (χ3n) is 3.76. The fraction of sp³-hybridized carbons (Fsp3) is 0.250. The first-order valence-electron chi connectivity index (χ1n) is 8.48. The fourth-order valence-electron chi connectivity index (χ4n) is 2.52. The molecule has 2 aromatic rings. The largest absolute Gasteiger partial charge is 0.483 e. The van der Waals surface area contributed by atoms with E-state index in [0.29, 0.717) is 25.3 Å². The molecule has 0 fully saturated rings. The molecule has 0 atom stereocenters. The summed E-state index contributed by atoms with van der Waals surface area (Å²) in [5.74, 6) is -0.449. The van der Waals surface area contributed by atoms with Gasteiger partial charge in [0.1, 0.15) is 11.1 Å². The van der Waals surface area contributed by atoms with Crippen LogP contribution in [0.25, 0.3) is 11.0 Å². The zero-order valence-corrected chi connectivity index (χ0v) is 14.7. The maximum atomic E-state index is 12.1. The molecule has 0 unspecified atom stereocenters. The SMILES string of the molecule is O=C(NCCOCC1=CCCC=C1)c1cc2ccccc2oc1=O.O=CO. The fourth-order valence-corrected chi connectivity index (χ4v) is 2.52. The highest BCUT2D eigenvalue weighted by Gasteiger charge is 2.13. The monoisotopic (exact) mass is 371 g/mol. The van der Waals surface area contributed by atoms with E-state index in [9.17, 15) is 9.59 Å². The Hall–Kier alpha value is -3.19. The number of rotatable bonds is 6. The van der Waals surface area contributed by atoms with Crippen LogP contribution in [0.2, 0.25) is 0 Å². The summed E-state index contributed by atoms with van der Waals surface area (Å²) in [7, 11) is 0. The van der Waals surface area contributed by atoms with Gasteiger partial charge in [-0.15, -0.1) is 0 Å². The van der Waals surface area contributed by atoms with Gasteiger partial charge >= 0.3 is 5.63 Å². The Balaban J connectivity index is 0.000000817. The summed E-state index contributed by atoms with van der Waals surface area (Å²) in [5.41, 5.74) is 0.996. The molecule has 0 radical (unpaired) electrons. The molecule has 7 heteroatoms. The minimum Gasteiger partial charge on any atom is -0.483 e. The number of carbonyl (C=O) groups is 2. The van der Waals surface area contributed by atoms with Crippen LogP contribution >= 0.6 is 0 Å². The van der Waals surface area contributed by atoms with Gasteiger partial charge in [-0.1, -0.05) is 36.4 Å². The molecule has 0 aliphatic heterocycles. The molecule has 0 saturated carbocycles. The molecule has 1 aliphatic carbocycles. The van der Waals surface area contributed by atoms with Crippen molar-refractivity contribution < 1.29 is 23.8 Å². The highest BCUT2D eigenvalue weighted by atomic mass is 16.5. The van der Waals surface area contributed by atoms with Gasteiger partial charge in [0.2, 0.25) is 0 Å². The van der Waals surface area contributed by atoms with Crippen LogP contribution in [-0.2, 0) is 9.53 Å². The van der Waals surface area contributed by atoms with Gasteiger partial charge in [-0.05, 0) is 30.5 Å². The Morgan fingerprint density at radius 1 is 1.30 bits per heavy atom. The van der Waals surface area contributed by atoms with Crippen molar-refractivity contribution >= 4 is 23.3 Å². The van der Waals surface area contributed by atoms with E-state index < -0.39 is 11.5 Å². The Morgan fingerprint density at radius 2 is 2.07 bits per heavy atom. The van der Waals surface area contributed by atoms with Crippen molar-refractivity contribution in [3.63, 3.8) is 0 Å². The molecular weight excluding hydrogens is 350 g/mol. The number of carboxylic acid groups (broad SMARTS) is 1. The van der Waals surface area contributed by atoms with Gasteiger partial charge in [0, 0.05) is 11.9 Å². The highest BCUT2D eigenvalue weighted by Crippen LogP contribution is 2.12. The number of hydrogen-bond acceptors (Lipinski definition) is 5. The number of benzene rings is 1. The van der Waals surface area contributed by atoms with Crippen LogP contribution in [0.5, 0.6) is 0 Å². The van der Waals surface area contributed by atoms with Gasteiger partial charge < -0.3 is 19.6 Å². The number of amides is 1. The number of ether oxygens (including phenoxy) is 1. The number of allylic oxidation sites excluding steroid dienone is 2. The van der Waals surface area contributed by atoms with Gasteiger partial charge in [-0.3, -0.25) is 9.59 Å². The molecule has 2 N–H and O–H groups in total. The zero-order chi connectivity index (χ0) is 19.5. The molecule has 142 valence electrons. The quantitative estimate of drug-likeness (QED) is 0.459. The van der Waals surface area contributed by atoms with E-state index >= 15 is 0 Å². The number of carbonyl (C=O) groups excluding carboxylic acids is 1. The lowest BCUT2D eigenvalue weighted by Crippen LogP contribution is -2.31. The zero-order valence-electron chi connectivity index (χ0n) is 14.7. The van der Waals surface area contributed by atoms with Crippen LogP contribution in [0, 0.1) is 0 Å². The van der Waals surface area contributed by atoms with E-state index in [2.05, 4.69) is 23.5 Å². The number of fused-ring (bicyclic) bond motifs is 1. The first-order valence-corrected chi connectivity index (χ1v) is 8.48. The number of nitrogens with one attached hydrogen (secondary N) is 1. The molecule has 7 nitrogen and oxygen atoms in total. The second-order valence-corrected chi connectivity index (χ2v) is 5.66. The van der Waals surface area contributed by atoms with Crippen molar-refractivity contribution in [1.82, 2.24) is 5.32 Å². The Morgan fingerprint density at radius 3 is 2.81 bits per heavy atom. The average Bonchev–Trinajstić information content (AvgIpc) is 2.68. The summed E-state index contributed by atoms with van der Waals surface area (Å²) in [6, 6.07) is 8.64. The van der Waals surface area contributed by atoms with Gasteiger partial charge in [-0.2, -0.15) is 0 Å². The van der Waals surface area contributed by atoms with Crippen molar-refractivity contribution in [3.8, 4) is 0 Å². The molecule has 0 spiro atoms. The Kier molecular flexibility index (Phi) is 7.99. The summed E-state index contributed by atoms with van der Waals surface area (Å²) in [4.78, 5) is 32.4. The topological polar surface area (TPSA) is 106 Å². The summed E-state index contributed by atoms with van der Waals surface area (Å²) in [6.45, 7) is 1.00. The molecular formula is C20H21NO6. The lowest BCUT2D eigenvalue weighted by molar-refractivity contribution is -0.122. The highest BCUT2D eigenvalue weighted by molar-refractivity contribution is 5.96. The molecule has 1 aromatic heterocycles. The van der Waals surface area contributed by atoms with Crippen molar-refractivity contribution in [1.29, 1.82) is 0 Å². The van der Waals surface area contributed by atoms with Crippen molar-refractivity contribution in [2.45, 2.75) is 12.8 Å². The van der Waals surface area contributed by atoms with Crippen molar-refractivity contribution in [2.24, 2.45) is 0 Å². The van der Waals surface area contributed by atoms with E-state index in [4.69, 9.17) is 19.1 Å². The molecule has 0 saturated heterocycles. The van der Waals surface area contributed by atoms with E-state index in [1.807, 2.05) is 6.07 Å². The first kappa shape index (κ1) is 20.1. The molecule has 27 heavy (non-hydrogen) atoms. The lowest BCUT2D eigenvalue weighted by Gasteiger charge is -2.09. The maximum Gasteiger partial charge on any atom is 0.349 e. The van der Waals surface area contributed by atoms with Crippen LogP contribution in [0.3, 0.4) is 0 Å². The molecule has 1 aromatic carbocycles. The second-order valence-electron chi connectivity index (χ2n) is 5.66. The summed E-state index contributed by atoms with van der Waals surface area (Å²) in [5, 5.41) is 10.3. The van der Waals surface area contributed by atoms with E-state index in [1.54, 1.807) is 24.3 Å². The normalized spacial score (nSPS) is 12.7. The van der Waals surface area contributed by atoms with Crippen LogP contribution < -0.4 is 10.9 Å². The predicted molar refractivity (Wildman–Crippen MR) is 101 cm³/mol. The molecule has 3 rings (SSSR count). The van der Waals surface area contributed by atoms with Gasteiger partial charge in [0.15, 0.2) is 0 Å². The maximum absolute atomic E-state index is 12.1. The first-order chi connectivity index (χ1) is 13.2. The second kappa shape index (κ2) is 10.7. The number of para-hydroxylation sites is 1. The van der Waals surface area contributed by atoms with E-state index in [1.165, 1.54) is 0 Å². The third kappa shape index (κ3) is 6.23. The lowest BCUT2D eigenvalue weighted by atomic mass is 10.1. The van der Waals surface area contributed by atoms with Crippen LogP contribution in [-0.4, -0.2) is 37.2 Å². The van der Waals surface area contributed by atoms with Crippen molar-refractivity contribution in [3.05, 3.63) is 70.1 Å². The molecule has 1 aliphatic rings. The summed E-state index contributed by atoms with van der Waals surface area (Å²) < 4.78 is 10.7. The van der Waals surface area contributed by atoms with Gasteiger partial charge in [-0.25, -0.2) is 4.79 Å². The minimum absolute atomic E-state index is 0.00613. The predicted octanol–water partition coefficient (Wildman–Crippen LogP) is 2.52. The number of hydrogen-bond donors (Lipinski definition) is 2. The Labute approximate surface area is 155 Å². The van der Waals surface area contributed by atoms with E-state index in [0.717, 1.165) is 23.8 Å². The summed E-state index contributed by atoms with van der Waals surface area (Å²) in [6.07, 6.45) is 8.46. The molecule has 1 heterocycles. The molecule has 1 amide bonds. The summed E-state index contributed by atoms with van der Waals surface area (Å²) >= 11 is 0. The third-order valence-corrected chi connectivity index (χ3v) is 3.76.